The fourth-order valence-electron chi connectivity index (χ4n) is 2.49. The van der Waals surface area contributed by atoms with Crippen molar-refractivity contribution in [2.45, 2.75) is 12.9 Å². The Morgan fingerprint density at radius 2 is 1.81 bits per heavy atom. The van der Waals surface area contributed by atoms with Crippen LogP contribution in [0, 0.1) is 0 Å². The summed E-state index contributed by atoms with van der Waals surface area (Å²) in [7, 11) is 3.26. The Balaban J connectivity index is 0.000000233. The minimum atomic E-state index is -4.62. The summed E-state index contributed by atoms with van der Waals surface area (Å²) >= 11 is 0. The SMILES string of the molecule is CNc1ccc(OC(F)(F)F)cc1.COCCn1cnc2ccc(NC=O)cc2c1=O. The number of nitrogens with one attached hydrogen (secondary N) is 2. The van der Waals surface area contributed by atoms with Gasteiger partial charge in [-0.05, 0) is 42.5 Å². The smallest absolute Gasteiger partial charge is 0.406 e. The van der Waals surface area contributed by atoms with E-state index in [4.69, 9.17) is 4.74 Å². The Bertz CT molecular complexity index is 1050. The van der Waals surface area contributed by atoms with Crippen molar-refractivity contribution >= 4 is 28.7 Å². The van der Waals surface area contributed by atoms with Crippen molar-refractivity contribution in [3.8, 4) is 5.75 Å². The van der Waals surface area contributed by atoms with Crippen LogP contribution in [0.25, 0.3) is 10.9 Å². The maximum Gasteiger partial charge on any atom is 0.573 e. The fourth-order valence-corrected chi connectivity index (χ4v) is 2.49. The van der Waals surface area contributed by atoms with Crippen LogP contribution in [-0.4, -0.2) is 43.1 Å². The first-order valence-electron chi connectivity index (χ1n) is 8.99. The normalized spacial score (nSPS) is 10.7. The number of hydrogen-bond acceptors (Lipinski definition) is 6. The van der Waals surface area contributed by atoms with Crippen LogP contribution in [-0.2, 0) is 16.1 Å². The number of methoxy groups -OCH3 is 1. The zero-order valence-electron chi connectivity index (χ0n) is 16.8. The fraction of sp³-hybridized carbons (Fsp3) is 0.250. The Hall–Kier alpha value is -3.60. The summed E-state index contributed by atoms with van der Waals surface area (Å²) in [4.78, 5) is 26.7. The lowest BCUT2D eigenvalue weighted by molar-refractivity contribution is -0.274. The molecule has 0 saturated carbocycles. The molecule has 0 unspecified atom stereocenters. The molecule has 0 saturated heterocycles. The average molecular weight is 438 g/mol. The van der Waals surface area contributed by atoms with Gasteiger partial charge in [-0.2, -0.15) is 0 Å². The predicted octanol–water partition coefficient (Wildman–Crippen LogP) is 3.24. The van der Waals surface area contributed by atoms with Crippen LogP contribution in [0.2, 0.25) is 0 Å². The molecule has 0 aliphatic heterocycles. The number of nitrogens with zero attached hydrogens (tertiary/aromatic N) is 2. The molecular weight excluding hydrogens is 417 g/mol. The first kappa shape index (κ1) is 23.7. The van der Waals surface area contributed by atoms with Crippen LogP contribution in [0.5, 0.6) is 5.75 Å². The molecule has 1 amide bonds. The van der Waals surface area contributed by atoms with Gasteiger partial charge < -0.3 is 20.1 Å². The molecule has 11 heteroatoms. The number of anilines is 2. The highest BCUT2D eigenvalue weighted by Gasteiger charge is 2.30. The monoisotopic (exact) mass is 438 g/mol. The maximum absolute atomic E-state index is 12.1. The van der Waals surface area contributed by atoms with Gasteiger partial charge in [0, 0.05) is 25.5 Å². The van der Waals surface area contributed by atoms with E-state index in [0.717, 1.165) is 5.69 Å². The van der Waals surface area contributed by atoms with Gasteiger partial charge in [0.25, 0.3) is 5.56 Å². The Morgan fingerprint density at radius 1 is 1.13 bits per heavy atom. The molecule has 166 valence electrons. The van der Waals surface area contributed by atoms with E-state index in [2.05, 4.69) is 20.4 Å². The molecule has 1 aromatic heterocycles. The topological polar surface area (TPSA) is 94.5 Å². The predicted molar refractivity (Wildman–Crippen MR) is 110 cm³/mol. The van der Waals surface area contributed by atoms with Gasteiger partial charge in [-0.3, -0.25) is 14.2 Å². The number of carbonyl (C=O) groups excluding carboxylic acids is 1. The largest absolute Gasteiger partial charge is 0.573 e. The number of benzene rings is 2. The molecule has 31 heavy (non-hydrogen) atoms. The van der Waals surface area contributed by atoms with E-state index in [1.807, 2.05) is 0 Å². The average Bonchev–Trinajstić information content (AvgIpc) is 2.74. The van der Waals surface area contributed by atoms with E-state index < -0.39 is 6.36 Å². The summed E-state index contributed by atoms with van der Waals surface area (Å²) in [6.07, 6.45) is -2.56. The Morgan fingerprint density at radius 3 is 2.39 bits per heavy atom. The summed E-state index contributed by atoms with van der Waals surface area (Å²) in [5, 5.41) is 5.76. The van der Waals surface area contributed by atoms with E-state index in [9.17, 15) is 22.8 Å². The molecular formula is C20H21F3N4O4. The zero-order valence-corrected chi connectivity index (χ0v) is 16.8. The van der Waals surface area contributed by atoms with Crippen molar-refractivity contribution in [1.82, 2.24) is 9.55 Å². The second-order valence-corrected chi connectivity index (χ2v) is 6.05. The first-order chi connectivity index (χ1) is 14.8. The molecule has 8 nitrogen and oxygen atoms in total. The number of hydrogen-bond donors (Lipinski definition) is 2. The lowest BCUT2D eigenvalue weighted by Crippen LogP contribution is -2.22. The lowest BCUT2D eigenvalue weighted by atomic mass is 10.2. The third kappa shape index (κ3) is 7.30. The summed E-state index contributed by atoms with van der Waals surface area (Å²) in [5.74, 6) is -0.216. The third-order valence-corrected chi connectivity index (χ3v) is 3.96. The third-order valence-electron chi connectivity index (χ3n) is 3.96. The molecule has 3 aromatic rings. The van der Waals surface area contributed by atoms with Gasteiger partial charge in [0.15, 0.2) is 0 Å². The molecule has 0 bridgehead atoms. The van der Waals surface area contributed by atoms with Gasteiger partial charge in [0.05, 0.1) is 30.4 Å². The van der Waals surface area contributed by atoms with E-state index in [1.165, 1.54) is 35.2 Å². The number of ether oxygens (including phenoxy) is 2. The minimum absolute atomic E-state index is 0.147. The molecule has 0 aliphatic carbocycles. The van der Waals surface area contributed by atoms with Gasteiger partial charge in [-0.25, -0.2) is 4.98 Å². The Kier molecular flexibility index (Phi) is 8.38. The first-order valence-corrected chi connectivity index (χ1v) is 8.99. The highest BCUT2D eigenvalue weighted by atomic mass is 19.4. The van der Waals surface area contributed by atoms with Crippen LogP contribution in [0.1, 0.15) is 0 Å². The molecule has 0 spiro atoms. The standard InChI is InChI=1S/C12H13N3O3.C8H8F3NO/c1-18-5-4-15-7-13-11-3-2-9(14-8-16)6-10(11)12(15)17;1-12-6-2-4-7(5-3-6)13-8(9,10)11/h2-3,6-8H,4-5H2,1H3,(H,14,16);2-5,12H,1H3. The molecule has 0 aliphatic rings. The molecule has 0 fully saturated rings. The van der Waals surface area contributed by atoms with Crippen molar-refractivity contribution < 1.29 is 27.4 Å². The van der Waals surface area contributed by atoms with Gasteiger partial charge in [0.2, 0.25) is 6.41 Å². The van der Waals surface area contributed by atoms with E-state index in [-0.39, 0.29) is 11.3 Å². The summed E-state index contributed by atoms with van der Waals surface area (Å²) < 4.78 is 45.1. The van der Waals surface area contributed by atoms with Crippen molar-refractivity contribution in [3.63, 3.8) is 0 Å². The minimum Gasteiger partial charge on any atom is -0.406 e. The number of aromatic nitrogens is 2. The van der Waals surface area contributed by atoms with Crippen molar-refractivity contribution in [2.75, 3.05) is 31.4 Å². The second kappa shape index (κ2) is 11.0. The molecule has 0 atom stereocenters. The number of carbonyl (C=O) groups is 1. The van der Waals surface area contributed by atoms with E-state index in [1.54, 1.807) is 32.4 Å². The molecule has 2 aromatic carbocycles. The van der Waals surface area contributed by atoms with Gasteiger partial charge >= 0.3 is 6.36 Å². The van der Waals surface area contributed by atoms with Crippen molar-refractivity contribution in [2.24, 2.45) is 0 Å². The second-order valence-electron chi connectivity index (χ2n) is 6.05. The van der Waals surface area contributed by atoms with Crippen LogP contribution >= 0.6 is 0 Å². The number of fused-ring (bicyclic) bond motifs is 1. The number of alkyl halides is 3. The van der Waals surface area contributed by atoms with Crippen LogP contribution in [0.4, 0.5) is 24.5 Å². The van der Waals surface area contributed by atoms with E-state index in [0.29, 0.717) is 36.2 Å². The molecule has 0 radical (unpaired) electrons. The number of rotatable bonds is 7. The number of amides is 1. The Labute approximate surface area is 175 Å². The highest BCUT2D eigenvalue weighted by molar-refractivity contribution is 5.84. The maximum atomic E-state index is 12.1. The lowest BCUT2D eigenvalue weighted by Gasteiger charge is -2.08. The van der Waals surface area contributed by atoms with Crippen LogP contribution < -0.4 is 20.9 Å². The van der Waals surface area contributed by atoms with Gasteiger partial charge in [-0.1, -0.05) is 0 Å². The highest BCUT2D eigenvalue weighted by Crippen LogP contribution is 2.23. The van der Waals surface area contributed by atoms with Gasteiger partial charge in [0.1, 0.15) is 5.75 Å². The van der Waals surface area contributed by atoms with Crippen LogP contribution in [0.15, 0.2) is 53.6 Å². The quantitative estimate of drug-likeness (QED) is 0.550. The zero-order chi connectivity index (χ0) is 22.9. The summed E-state index contributed by atoms with van der Waals surface area (Å²) in [5.41, 5.74) is 1.76. The number of halogens is 3. The molecule has 2 N–H and O–H groups in total. The summed E-state index contributed by atoms with van der Waals surface area (Å²) in [6, 6.07) is 10.5. The molecule has 1 heterocycles. The van der Waals surface area contributed by atoms with Crippen LogP contribution in [0.3, 0.4) is 0 Å². The molecule has 3 rings (SSSR count). The van der Waals surface area contributed by atoms with Crippen molar-refractivity contribution in [1.29, 1.82) is 0 Å². The van der Waals surface area contributed by atoms with Crippen molar-refractivity contribution in [3.05, 3.63) is 59.1 Å². The van der Waals surface area contributed by atoms with E-state index >= 15 is 0 Å². The van der Waals surface area contributed by atoms with Gasteiger partial charge in [-0.15, -0.1) is 13.2 Å². The summed E-state index contributed by atoms with van der Waals surface area (Å²) in [6.45, 7) is 0.892.